The summed E-state index contributed by atoms with van der Waals surface area (Å²) in [5, 5.41) is 6.44. The van der Waals surface area contributed by atoms with Crippen LogP contribution in [-0.4, -0.2) is 57.3 Å². The van der Waals surface area contributed by atoms with Gasteiger partial charge in [-0.25, -0.2) is 15.0 Å². The summed E-state index contributed by atoms with van der Waals surface area (Å²) in [5.74, 6) is 1.58. The van der Waals surface area contributed by atoms with Crippen molar-refractivity contribution < 1.29 is 4.79 Å². The molecule has 0 aromatic carbocycles. The van der Waals surface area contributed by atoms with E-state index in [1.54, 1.807) is 18.1 Å². The second-order valence-corrected chi connectivity index (χ2v) is 6.99. The Morgan fingerprint density at radius 3 is 3.21 bits per heavy atom. The highest BCUT2D eigenvalue weighted by Crippen LogP contribution is 2.28. The van der Waals surface area contributed by atoms with Crippen LogP contribution in [0, 0.1) is 0 Å². The van der Waals surface area contributed by atoms with Crippen LogP contribution in [0.3, 0.4) is 0 Å². The van der Waals surface area contributed by atoms with Crippen LogP contribution in [0.2, 0.25) is 0 Å². The number of aromatic nitrogens is 4. The average molecular weight is 345 g/mol. The van der Waals surface area contributed by atoms with Gasteiger partial charge in [-0.2, -0.15) is 0 Å². The Morgan fingerprint density at radius 1 is 1.38 bits per heavy atom. The Morgan fingerprint density at radius 2 is 2.33 bits per heavy atom. The fraction of sp³-hybridized carbons (Fsp3) is 0.467. The van der Waals surface area contributed by atoms with Crippen molar-refractivity contribution in [2.45, 2.75) is 18.9 Å². The number of fused-ring (bicyclic) bond motifs is 1. The van der Waals surface area contributed by atoms with Crippen LogP contribution in [0.25, 0.3) is 11.2 Å². The number of hydrogen-bond acceptors (Lipinski definition) is 7. The molecule has 1 saturated heterocycles. The maximum absolute atomic E-state index is 12.5. The third-order valence-electron chi connectivity index (χ3n) is 4.19. The molecular weight excluding hydrogens is 326 g/mol. The molecule has 9 heteroatoms. The van der Waals surface area contributed by atoms with Gasteiger partial charge in [0, 0.05) is 31.1 Å². The van der Waals surface area contributed by atoms with Gasteiger partial charge in [-0.15, -0.1) is 11.8 Å². The zero-order valence-electron chi connectivity index (χ0n) is 13.2. The number of carbonyl (C=O) groups is 1. The van der Waals surface area contributed by atoms with Gasteiger partial charge >= 0.3 is 0 Å². The number of H-pyrrole nitrogens is 1. The number of anilines is 1. The first-order valence-electron chi connectivity index (χ1n) is 8.08. The Balaban J connectivity index is 1.54. The minimum Gasteiger partial charge on any atom is -0.348 e. The maximum Gasteiger partial charge on any atom is 0.259 e. The van der Waals surface area contributed by atoms with Gasteiger partial charge in [0.25, 0.3) is 5.91 Å². The molecule has 0 radical (unpaired) electrons. The number of rotatable bonds is 3. The third-order valence-corrected chi connectivity index (χ3v) is 5.18. The molecule has 1 atom stereocenters. The van der Waals surface area contributed by atoms with E-state index in [1.807, 2.05) is 11.1 Å². The Hall–Kier alpha value is -2.13. The lowest BCUT2D eigenvalue weighted by Gasteiger charge is -2.27. The molecule has 4 heterocycles. The number of aromatic amines is 1. The second kappa shape index (κ2) is 6.78. The van der Waals surface area contributed by atoms with E-state index in [0.717, 1.165) is 54.5 Å². The summed E-state index contributed by atoms with van der Waals surface area (Å²) in [7, 11) is 0. The lowest BCUT2D eigenvalue weighted by Crippen LogP contribution is -2.46. The molecule has 24 heavy (non-hydrogen) atoms. The van der Waals surface area contributed by atoms with Gasteiger partial charge in [0.15, 0.2) is 11.5 Å². The van der Waals surface area contributed by atoms with Gasteiger partial charge in [0.05, 0.1) is 11.2 Å². The van der Waals surface area contributed by atoms with Gasteiger partial charge in [0.2, 0.25) is 0 Å². The first-order chi connectivity index (χ1) is 11.8. The number of nitrogens with zero attached hydrogens (tertiary/aromatic N) is 4. The van der Waals surface area contributed by atoms with Crippen molar-refractivity contribution in [2.24, 2.45) is 0 Å². The van der Waals surface area contributed by atoms with E-state index >= 15 is 0 Å². The van der Waals surface area contributed by atoms with Gasteiger partial charge in [0.1, 0.15) is 11.8 Å². The summed E-state index contributed by atoms with van der Waals surface area (Å²) in [5.41, 5.74) is 1.42. The summed E-state index contributed by atoms with van der Waals surface area (Å²) >= 11 is 1.58. The minimum absolute atomic E-state index is 0.00619. The zero-order chi connectivity index (χ0) is 16.4. The molecular formula is C15H19N7OS. The molecule has 4 rings (SSSR count). The first kappa shape index (κ1) is 15.4. The van der Waals surface area contributed by atoms with Gasteiger partial charge in [-0.3, -0.25) is 4.79 Å². The second-order valence-electron chi connectivity index (χ2n) is 5.85. The van der Waals surface area contributed by atoms with Crippen LogP contribution in [0.5, 0.6) is 0 Å². The predicted molar refractivity (Wildman–Crippen MR) is 93.6 cm³/mol. The summed E-state index contributed by atoms with van der Waals surface area (Å²) in [4.78, 5) is 31.0. The highest BCUT2D eigenvalue weighted by molar-refractivity contribution is 8.04. The summed E-state index contributed by atoms with van der Waals surface area (Å²) in [6.45, 7) is 2.66. The highest BCUT2D eigenvalue weighted by Gasteiger charge is 2.23. The zero-order valence-corrected chi connectivity index (χ0v) is 14.0. The summed E-state index contributed by atoms with van der Waals surface area (Å²) in [6.07, 6.45) is 7.11. The van der Waals surface area contributed by atoms with Crippen LogP contribution < -0.4 is 15.5 Å². The fourth-order valence-electron chi connectivity index (χ4n) is 2.99. The molecule has 0 aliphatic carbocycles. The van der Waals surface area contributed by atoms with Crippen LogP contribution in [0.1, 0.15) is 12.8 Å². The van der Waals surface area contributed by atoms with Crippen molar-refractivity contribution in [2.75, 3.05) is 30.3 Å². The maximum atomic E-state index is 12.5. The van der Waals surface area contributed by atoms with Crippen LogP contribution in [0.15, 0.2) is 23.8 Å². The molecule has 2 aliphatic rings. The van der Waals surface area contributed by atoms with Crippen LogP contribution >= 0.6 is 11.8 Å². The largest absolute Gasteiger partial charge is 0.348 e. The first-order valence-corrected chi connectivity index (χ1v) is 9.07. The van der Waals surface area contributed by atoms with Crippen LogP contribution in [-0.2, 0) is 4.79 Å². The minimum atomic E-state index is -0.00619. The van der Waals surface area contributed by atoms with Crippen molar-refractivity contribution in [3.63, 3.8) is 0 Å². The quantitative estimate of drug-likeness (QED) is 0.750. The Bertz CT molecular complexity index is 768. The molecule has 1 fully saturated rings. The van der Waals surface area contributed by atoms with E-state index < -0.39 is 0 Å². The van der Waals surface area contributed by atoms with E-state index in [-0.39, 0.29) is 11.9 Å². The van der Waals surface area contributed by atoms with Gasteiger partial charge in [-0.05, 0) is 19.4 Å². The topological polar surface area (TPSA) is 98.8 Å². The van der Waals surface area contributed by atoms with Crippen molar-refractivity contribution in [1.82, 2.24) is 30.6 Å². The molecule has 8 nitrogen and oxygen atoms in total. The lowest BCUT2D eigenvalue weighted by atomic mass is 10.1. The van der Waals surface area contributed by atoms with E-state index in [0.29, 0.717) is 5.65 Å². The number of piperidine rings is 1. The number of carbonyl (C=O) groups excluding carboxylic acids is 1. The smallest absolute Gasteiger partial charge is 0.259 e. The molecule has 0 spiro atoms. The molecule has 0 bridgehead atoms. The molecule has 0 unspecified atom stereocenters. The van der Waals surface area contributed by atoms with Crippen molar-refractivity contribution in [3.8, 4) is 0 Å². The van der Waals surface area contributed by atoms with E-state index in [1.165, 1.54) is 6.33 Å². The number of hydrogen-bond donors (Lipinski definition) is 3. The van der Waals surface area contributed by atoms with Gasteiger partial charge in [-0.1, -0.05) is 0 Å². The standard InChI is InChI=1S/C15H19N7OS/c23-15(21-10-2-1-3-16-6-10)11-7-22(4-5-24-11)14-12-13(18-8-17-12)19-9-20-14/h7-10,16H,1-6H2,(H,21,23)(H,17,18,19,20)/t10-/m1/s1. The van der Waals surface area contributed by atoms with E-state index in [2.05, 4.69) is 30.6 Å². The SMILES string of the molecule is O=C(N[C@@H]1CCCNC1)C1=CN(c2ncnc3nc[nH]c23)CCS1. The monoisotopic (exact) mass is 345 g/mol. The highest BCUT2D eigenvalue weighted by atomic mass is 32.2. The Kier molecular flexibility index (Phi) is 4.35. The molecule has 0 saturated carbocycles. The van der Waals surface area contributed by atoms with Gasteiger partial charge < -0.3 is 20.5 Å². The molecule has 2 aliphatic heterocycles. The average Bonchev–Trinajstić information content (AvgIpc) is 3.11. The molecule has 2 aromatic heterocycles. The molecule has 1 amide bonds. The Labute approximate surface area is 143 Å². The van der Waals surface area contributed by atoms with E-state index in [4.69, 9.17) is 0 Å². The fourth-order valence-corrected chi connectivity index (χ4v) is 3.89. The number of thioether (sulfide) groups is 1. The normalized spacial score (nSPS) is 21.6. The molecule has 2 aromatic rings. The lowest BCUT2D eigenvalue weighted by molar-refractivity contribution is -0.117. The number of nitrogens with one attached hydrogen (secondary N) is 3. The van der Waals surface area contributed by atoms with Crippen LogP contribution in [0.4, 0.5) is 5.82 Å². The van der Waals surface area contributed by atoms with Crippen molar-refractivity contribution >= 4 is 34.7 Å². The van der Waals surface area contributed by atoms with E-state index in [9.17, 15) is 4.79 Å². The molecule has 126 valence electrons. The summed E-state index contributed by atoms with van der Waals surface area (Å²) < 4.78 is 0. The number of imidazole rings is 1. The molecule has 3 N–H and O–H groups in total. The summed E-state index contributed by atoms with van der Waals surface area (Å²) in [6, 6.07) is 0.210. The third kappa shape index (κ3) is 3.09. The van der Waals surface area contributed by atoms with Crippen molar-refractivity contribution in [1.29, 1.82) is 0 Å². The van der Waals surface area contributed by atoms with Crippen molar-refractivity contribution in [3.05, 3.63) is 23.8 Å². The predicted octanol–water partition coefficient (Wildman–Crippen LogP) is 0.616. The number of amides is 1.